The number of nitrogens with one attached hydrogen (secondary N) is 1. The van der Waals surface area contributed by atoms with Crippen molar-refractivity contribution in [2.75, 3.05) is 0 Å². The maximum Gasteiger partial charge on any atom is 0.307 e. The zero-order valence-corrected chi connectivity index (χ0v) is 22.3. The van der Waals surface area contributed by atoms with Crippen LogP contribution in [-0.2, 0) is 16.9 Å². The van der Waals surface area contributed by atoms with Gasteiger partial charge in [-0.1, -0.05) is 48.5 Å². The molecule has 1 amide bonds. The van der Waals surface area contributed by atoms with Crippen LogP contribution in [-0.4, -0.2) is 30.4 Å². The third-order valence-corrected chi connectivity index (χ3v) is 9.29. The standard InChI is InChI=1S/C31H32N6O3/c38-28(32-17-25-19-35(26-9-5-2-6-10-26)34-29(25)24-7-3-1-4-8-24)16-30-12-22-11-23(13-30)15-31(14-22,21-30)36-20-27(18-33-36)37(39)40/h1-10,18-20,22-23H,11-17,21H2,(H,32,38). The van der Waals surface area contributed by atoms with Crippen molar-refractivity contribution in [1.29, 1.82) is 0 Å². The van der Waals surface area contributed by atoms with Crippen LogP contribution in [0.4, 0.5) is 5.69 Å². The molecule has 2 unspecified atom stereocenters. The fourth-order valence-electron chi connectivity index (χ4n) is 8.23. The Balaban J connectivity index is 1.10. The Bertz CT molecular complexity index is 1550. The second-order valence-corrected chi connectivity index (χ2v) is 12.2. The summed E-state index contributed by atoms with van der Waals surface area (Å²) in [6.07, 6.45) is 11.5. The van der Waals surface area contributed by atoms with Gasteiger partial charge in [-0.3, -0.25) is 19.6 Å². The Kier molecular flexibility index (Phi) is 5.83. The number of carbonyl (C=O) groups excluding carboxylic acids is 1. The molecular formula is C31H32N6O3. The van der Waals surface area contributed by atoms with Crippen LogP contribution < -0.4 is 5.32 Å². The molecule has 40 heavy (non-hydrogen) atoms. The molecule has 4 bridgehead atoms. The minimum atomic E-state index is -0.378. The van der Waals surface area contributed by atoms with E-state index < -0.39 is 0 Å². The first kappa shape index (κ1) is 24.7. The van der Waals surface area contributed by atoms with E-state index in [1.165, 1.54) is 12.6 Å². The number of rotatable bonds is 8. The minimum absolute atomic E-state index is 0.0350. The summed E-state index contributed by atoms with van der Waals surface area (Å²) in [5, 5.41) is 23.9. The summed E-state index contributed by atoms with van der Waals surface area (Å²) < 4.78 is 3.73. The lowest BCUT2D eigenvalue weighted by Crippen LogP contribution is -2.57. The molecule has 2 aromatic heterocycles. The number of hydrogen-bond donors (Lipinski definition) is 1. The quantitative estimate of drug-likeness (QED) is 0.231. The number of aromatic nitrogens is 4. The average molecular weight is 537 g/mol. The van der Waals surface area contributed by atoms with E-state index in [2.05, 4.69) is 10.4 Å². The van der Waals surface area contributed by atoms with E-state index in [0.717, 1.165) is 54.6 Å². The molecule has 1 N–H and O–H groups in total. The second kappa shape index (κ2) is 9.43. The van der Waals surface area contributed by atoms with Crippen LogP contribution in [0.1, 0.15) is 50.5 Å². The highest BCUT2D eigenvalue weighted by Gasteiger charge is 2.59. The van der Waals surface area contributed by atoms with Gasteiger partial charge in [-0.2, -0.15) is 10.2 Å². The molecule has 9 heteroatoms. The SMILES string of the molecule is O=C(CC12CC3CC(C1)CC(n1cc([N+](=O)[O-])cn1)(C3)C2)NCc1cn(-c2ccccc2)nc1-c1ccccc1. The predicted octanol–water partition coefficient (Wildman–Crippen LogP) is 5.65. The molecule has 204 valence electrons. The van der Waals surface area contributed by atoms with Crippen molar-refractivity contribution >= 4 is 11.6 Å². The number of amides is 1. The van der Waals surface area contributed by atoms with E-state index in [1.54, 1.807) is 6.20 Å². The third-order valence-electron chi connectivity index (χ3n) is 9.29. The molecule has 0 spiro atoms. The topological polar surface area (TPSA) is 108 Å². The van der Waals surface area contributed by atoms with Gasteiger partial charge in [0.15, 0.2) is 0 Å². The number of para-hydroxylation sites is 1. The number of nitro groups is 1. The highest BCUT2D eigenvalue weighted by Crippen LogP contribution is 2.65. The van der Waals surface area contributed by atoms with E-state index in [4.69, 9.17) is 5.10 Å². The van der Waals surface area contributed by atoms with Crippen molar-refractivity contribution in [2.45, 2.75) is 57.0 Å². The summed E-state index contributed by atoms with van der Waals surface area (Å²) in [4.78, 5) is 24.5. The Morgan fingerprint density at radius 1 is 1.00 bits per heavy atom. The van der Waals surface area contributed by atoms with Gasteiger partial charge < -0.3 is 5.32 Å². The van der Waals surface area contributed by atoms with Crippen LogP contribution in [0, 0.1) is 27.4 Å². The molecule has 4 fully saturated rings. The first-order valence-electron chi connectivity index (χ1n) is 14.1. The highest BCUT2D eigenvalue weighted by molar-refractivity contribution is 5.77. The van der Waals surface area contributed by atoms with Crippen LogP contribution >= 0.6 is 0 Å². The lowest BCUT2D eigenvalue weighted by Gasteiger charge is -2.61. The molecule has 9 nitrogen and oxygen atoms in total. The summed E-state index contributed by atoms with van der Waals surface area (Å²) in [5.41, 5.74) is 3.52. The van der Waals surface area contributed by atoms with Crippen LogP contribution in [0.3, 0.4) is 0 Å². The Labute approximate surface area is 232 Å². The van der Waals surface area contributed by atoms with E-state index in [1.807, 2.05) is 76.2 Å². The summed E-state index contributed by atoms with van der Waals surface area (Å²) >= 11 is 0. The van der Waals surface area contributed by atoms with Crippen molar-refractivity contribution in [1.82, 2.24) is 24.9 Å². The monoisotopic (exact) mass is 536 g/mol. The highest BCUT2D eigenvalue weighted by atomic mass is 16.6. The fourth-order valence-corrected chi connectivity index (χ4v) is 8.23. The number of carbonyl (C=O) groups is 1. The second-order valence-electron chi connectivity index (χ2n) is 12.2. The molecule has 4 saturated carbocycles. The van der Waals surface area contributed by atoms with Crippen molar-refractivity contribution in [3.8, 4) is 16.9 Å². The predicted molar refractivity (Wildman–Crippen MR) is 149 cm³/mol. The van der Waals surface area contributed by atoms with Crippen molar-refractivity contribution in [3.05, 3.63) is 94.9 Å². The van der Waals surface area contributed by atoms with Crippen molar-refractivity contribution in [3.63, 3.8) is 0 Å². The zero-order valence-electron chi connectivity index (χ0n) is 22.3. The smallest absolute Gasteiger partial charge is 0.307 e. The molecule has 0 saturated heterocycles. The van der Waals surface area contributed by atoms with E-state index >= 15 is 0 Å². The van der Waals surface area contributed by atoms with Crippen LogP contribution in [0.5, 0.6) is 0 Å². The molecule has 2 aromatic carbocycles. The maximum absolute atomic E-state index is 13.5. The largest absolute Gasteiger partial charge is 0.352 e. The Morgan fingerprint density at radius 3 is 2.38 bits per heavy atom. The zero-order chi connectivity index (χ0) is 27.3. The number of nitrogens with zero attached hydrogens (tertiary/aromatic N) is 5. The Morgan fingerprint density at radius 2 is 1.70 bits per heavy atom. The molecule has 2 heterocycles. The summed E-state index contributed by atoms with van der Waals surface area (Å²) in [6.45, 7) is 0.398. The van der Waals surface area contributed by atoms with Gasteiger partial charge in [-0.15, -0.1) is 0 Å². The first-order valence-corrected chi connectivity index (χ1v) is 14.1. The minimum Gasteiger partial charge on any atom is -0.352 e. The number of hydrogen-bond acceptors (Lipinski definition) is 5. The van der Waals surface area contributed by atoms with E-state index in [0.29, 0.717) is 24.8 Å². The lowest BCUT2D eigenvalue weighted by molar-refractivity contribution is -0.385. The lowest BCUT2D eigenvalue weighted by atomic mass is 9.46. The molecule has 4 aliphatic rings. The molecule has 4 aliphatic carbocycles. The van der Waals surface area contributed by atoms with Gasteiger partial charge in [-0.25, -0.2) is 4.68 Å². The molecular weight excluding hydrogens is 504 g/mol. The van der Waals surface area contributed by atoms with Gasteiger partial charge in [0, 0.05) is 30.3 Å². The maximum atomic E-state index is 13.5. The third kappa shape index (κ3) is 4.39. The van der Waals surface area contributed by atoms with Gasteiger partial charge in [0.05, 0.1) is 21.8 Å². The molecule has 8 rings (SSSR count). The van der Waals surface area contributed by atoms with Crippen LogP contribution in [0.25, 0.3) is 16.9 Å². The van der Waals surface area contributed by atoms with Gasteiger partial charge >= 0.3 is 5.69 Å². The summed E-state index contributed by atoms with van der Waals surface area (Å²) in [6, 6.07) is 20.0. The first-order chi connectivity index (χ1) is 19.4. The molecule has 0 radical (unpaired) electrons. The fraction of sp³-hybridized carbons (Fsp3) is 0.387. The molecule has 0 aliphatic heterocycles. The molecule has 4 aromatic rings. The van der Waals surface area contributed by atoms with Crippen molar-refractivity contribution < 1.29 is 9.72 Å². The van der Waals surface area contributed by atoms with Gasteiger partial charge in [0.2, 0.25) is 5.91 Å². The molecule has 2 atom stereocenters. The van der Waals surface area contributed by atoms with Crippen LogP contribution in [0.15, 0.2) is 79.3 Å². The number of benzene rings is 2. The Hall–Kier alpha value is -4.27. The normalized spacial score (nSPS) is 26.6. The average Bonchev–Trinajstić information content (AvgIpc) is 3.61. The van der Waals surface area contributed by atoms with E-state index in [9.17, 15) is 14.9 Å². The van der Waals surface area contributed by atoms with Crippen molar-refractivity contribution in [2.24, 2.45) is 17.3 Å². The van der Waals surface area contributed by atoms with Crippen LogP contribution in [0.2, 0.25) is 0 Å². The van der Waals surface area contributed by atoms with Gasteiger partial charge in [0.1, 0.15) is 12.4 Å². The van der Waals surface area contributed by atoms with Gasteiger partial charge in [-0.05, 0) is 67.9 Å². The van der Waals surface area contributed by atoms with Gasteiger partial charge in [0.25, 0.3) is 0 Å². The van der Waals surface area contributed by atoms with E-state index in [-0.39, 0.29) is 27.5 Å². The summed E-state index contributed by atoms with van der Waals surface area (Å²) in [7, 11) is 0. The summed E-state index contributed by atoms with van der Waals surface area (Å²) in [5.74, 6) is 1.12.